The maximum Gasteiger partial charge on any atom is 0.244 e. The standard InChI is InChI=1S/C14H22N2OS/c1-5-12-15-14(4,6-2)13(17)16(12)7-11-9-18-8-10(11)3/h8-9,12,15H,5-7H2,1-4H3. The van der Waals surface area contributed by atoms with Crippen molar-refractivity contribution in [3.63, 3.8) is 0 Å². The van der Waals surface area contributed by atoms with Gasteiger partial charge in [0.15, 0.2) is 0 Å². The van der Waals surface area contributed by atoms with Crippen molar-refractivity contribution in [2.24, 2.45) is 0 Å². The summed E-state index contributed by atoms with van der Waals surface area (Å²) in [5.41, 5.74) is 2.17. The highest BCUT2D eigenvalue weighted by Crippen LogP contribution is 2.28. The molecule has 0 radical (unpaired) electrons. The number of amides is 1. The van der Waals surface area contributed by atoms with Crippen LogP contribution in [-0.4, -0.2) is 22.5 Å². The number of carbonyl (C=O) groups is 1. The largest absolute Gasteiger partial charge is 0.321 e. The highest BCUT2D eigenvalue weighted by Gasteiger charge is 2.45. The van der Waals surface area contributed by atoms with Crippen LogP contribution in [0.15, 0.2) is 10.8 Å². The Hall–Kier alpha value is -0.870. The van der Waals surface area contributed by atoms with Crippen molar-refractivity contribution in [1.82, 2.24) is 10.2 Å². The lowest BCUT2D eigenvalue weighted by atomic mass is 9.99. The second-order valence-corrected chi connectivity index (χ2v) is 6.01. The van der Waals surface area contributed by atoms with E-state index in [4.69, 9.17) is 0 Å². The number of thiophene rings is 1. The fourth-order valence-electron chi connectivity index (χ4n) is 2.46. The quantitative estimate of drug-likeness (QED) is 0.909. The molecule has 2 heterocycles. The Morgan fingerprint density at radius 2 is 2.17 bits per heavy atom. The lowest BCUT2D eigenvalue weighted by Gasteiger charge is -2.23. The van der Waals surface area contributed by atoms with Crippen LogP contribution in [0.4, 0.5) is 0 Å². The molecule has 0 aliphatic carbocycles. The van der Waals surface area contributed by atoms with Crippen molar-refractivity contribution < 1.29 is 4.79 Å². The maximum atomic E-state index is 12.5. The molecule has 4 heteroatoms. The Labute approximate surface area is 113 Å². The zero-order valence-electron chi connectivity index (χ0n) is 11.6. The molecule has 1 saturated heterocycles. The van der Waals surface area contributed by atoms with Gasteiger partial charge in [0.25, 0.3) is 0 Å². The van der Waals surface area contributed by atoms with Gasteiger partial charge in [-0.05, 0) is 48.6 Å². The number of aryl methyl sites for hydroxylation is 1. The van der Waals surface area contributed by atoms with Crippen LogP contribution < -0.4 is 5.32 Å². The van der Waals surface area contributed by atoms with Crippen molar-refractivity contribution in [2.75, 3.05) is 0 Å². The van der Waals surface area contributed by atoms with E-state index in [1.54, 1.807) is 11.3 Å². The van der Waals surface area contributed by atoms with E-state index in [-0.39, 0.29) is 17.6 Å². The Morgan fingerprint density at radius 3 is 2.67 bits per heavy atom. The van der Waals surface area contributed by atoms with Gasteiger partial charge in [0.05, 0.1) is 11.7 Å². The summed E-state index contributed by atoms with van der Waals surface area (Å²) in [6.45, 7) is 9.05. The summed E-state index contributed by atoms with van der Waals surface area (Å²) in [5, 5.41) is 7.77. The van der Waals surface area contributed by atoms with Crippen LogP contribution in [0.25, 0.3) is 0 Å². The smallest absolute Gasteiger partial charge is 0.244 e. The van der Waals surface area contributed by atoms with Gasteiger partial charge in [0.1, 0.15) is 0 Å². The molecular weight excluding hydrogens is 244 g/mol. The zero-order chi connectivity index (χ0) is 13.3. The molecule has 2 rings (SSSR count). The summed E-state index contributed by atoms with van der Waals surface area (Å²) < 4.78 is 0. The molecule has 1 aliphatic heterocycles. The Kier molecular flexibility index (Phi) is 3.78. The van der Waals surface area contributed by atoms with Gasteiger partial charge in [-0.3, -0.25) is 10.1 Å². The predicted octanol–water partition coefficient (Wildman–Crippen LogP) is 2.89. The minimum Gasteiger partial charge on any atom is -0.321 e. The summed E-state index contributed by atoms with van der Waals surface area (Å²) in [6.07, 6.45) is 1.95. The minimum absolute atomic E-state index is 0.168. The van der Waals surface area contributed by atoms with Gasteiger partial charge in [-0.15, -0.1) is 0 Å². The van der Waals surface area contributed by atoms with Crippen LogP contribution in [0, 0.1) is 6.92 Å². The lowest BCUT2D eigenvalue weighted by molar-refractivity contribution is -0.133. The number of rotatable bonds is 4. The van der Waals surface area contributed by atoms with E-state index in [1.807, 2.05) is 11.8 Å². The molecular formula is C14H22N2OS. The van der Waals surface area contributed by atoms with Gasteiger partial charge < -0.3 is 4.90 Å². The van der Waals surface area contributed by atoms with Crippen LogP contribution in [0.1, 0.15) is 44.7 Å². The molecule has 1 fully saturated rings. The molecule has 2 unspecified atom stereocenters. The number of hydrogen-bond donors (Lipinski definition) is 1. The average Bonchev–Trinajstić information content (AvgIpc) is 2.87. The summed E-state index contributed by atoms with van der Waals surface area (Å²) in [7, 11) is 0. The van der Waals surface area contributed by atoms with Crippen molar-refractivity contribution in [2.45, 2.75) is 58.8 Å². The fraction of sp³-hybridized carbons (Fsp3) is 0.643. The van der Waals surface area contributed by atoms with Crippen LogP contribution in [0.3, 0.4) is 0 Å². The Morgan fingerprint density at radius 1 is 1.44 bits per heavy atom. The fourth-order valence-corrected chi connectivity index (χ4v) is 3.30. The Bertz CT molecular complexity index is 443. The lowest BCUT2D eigenvalue weighted by Crippen LogP contribution is -2.43. The van der Waals surface area contributed by atoms with Crippen molar-refractivity contribution in [3.8, 4) is 0 Å². The number of hydrogen-bond acceptors (Lipinski definition) is 3. The molecule has 1 aromatic heterocycles. The SMILES string of the molecule is CCC1NC(C)(CC)C(=O)N1Cc1cscc1C. The summed E-state index contributed by atoms with van der Waals surface area (Å²) in [4.78, 5) is 14.5. The molecule has 1 aromatic rings. The first-order valence-electron chi connectivity index (χ1n) is 6.62. The molecule has 1 N–H and O–H groups in total. The first kappa shape index (κ1) is 13.6. The van der Waals surface area contributed by atoms with Gasteiger partial charge >= 0.3 is 0 Å². The number of nitrogens with one attached hydrogen (secondary N) is 1. The van der Waals surface area contributed by atoms with Gasteiger partial charge in [-0.25, -0.2) is 0 Å². The third-order valence-corrected chi connectivity index (χ3v) is 4.90. The average molecular weight is 266 g/mol. The van der Waals surface area contributed by atoms with E-state index < -0.39 is 0 Å². The normalized spacial score (nSPS) is 28.1. The van der Waals surface area contributed by atoms with Crippen molar-refractivity contribution in [3.05, 3.63) is 21.9 Å². The summed E-state index contributed by atoms with van der Waals surface area (Å²) in [5.74, 6) is 0.238. The zero-order valence-corrected chi connectivity index (χ0v) is 12.4. The van der Waals surface area contributed by atoms with E-state index in [0.29, 0.717) is 0 Å². The van der Waals surface area contributed by atoms with Crippen LogP contribution >= 0.6 is 11.3 Å². The highest BCUT2D eigenvalue weighted by atomic mass is 32.1. The van der Waals surface area contributed by atoms with Gasteiger partial charge in [0, 0.05) is 6.54 Å². The molecule has 0 aromatic carbocycles. The maximum absolute atomic E-state index is 12.5. The molecule has 0 bridgehead atoms. The van der Waals surface area contributed by atoms with Gasteiger partial charge in [0.2, 0.25) is 5.91 Å². The molecule has 1 amide bonds. The van der Waals surface area contributed by atoms with Gasteiger partial charge in [-0.2, -0.15) is 11.3 Å². The Balaban J connectivity index is 2.21. The van der Waals surface area contributed by atoms with E-state index in [1.165, 1.54) is 11.1 Å². The van der Waals surface area contributed by atoms with E-state index in [9.17, 15) is 4.79 Å². The van der Waals surface area contributed by atoms with Crippen LogP contribution in [0.5, 0.6) is 0 Å². The number of nitrogens with zero attached hydrogens (tertiary/aromatic N) is 1. The second kappa shape index (κ2) is 5.02. The molecule has 2 atom stereocenters. The first-order chi connectivity index (χ1) is 8.51. The third-order valence-electron chi connectivity index (χ3n) is 3.99. The van der Waals surface area contributed by atoms with Crippen molar-refractivity contribution >= 4 is 17.2 Å². The van der Waals surface area contributed by atoms with Gasteiger partial charge in [-0.1, -0.05) is 13.8 Å². The van der Waals surface area contributed by atoms with Crippen LogP contribution in [-0.2, 0) is 11.3 Å². The van der Waals surface area contributed by atoms with E-state index in [0.717, 1.165) is 19.4 Å². The molecule has 1 aliphatic rings. The first-order valence-corrected chi connectivity index (χ1v) is 7.56. The molecule has 100 valence electrons. The molecule has 0 spiro atoms. The minimum atomic E-state index is -0.384. The second-order valence-electron chi connectivity index (χ2n) is 5.27. The van der Waals surface area contributed by atoms with Crippen molar-refractivity contribution in [1.29, 1.82) is 0 Å². The summed E-state index contributed by atoms with van der Waals surface area (Å²) >= 11 is 1.71. The predicted molar refractivity (Wildman–Crippen MR) is 75.5 cm³/mol. The van der Waals surface area contributed by atoms with Crippen LogP contribution in [0.2, 0.25) is 0 Å². The summed E-state index contributed by atoms with van der Waals surface area (Å²) in [6, 6.07) is 0. The topological polar surface area (TPSA) is 32.3 Å². The number of carbonyl (C=O) groups excluding carboxylic acids is 1. The molecule has 3 nitrogen and oxygen atoms in total. The monoisotopic (exact) mass is 266 g/mol. The van der Waals surface area contributed by atoms with E-state index >= 15 is 0 Å². The highest BCUT2D eigenvalue weighted by molar-refractivity contribution is 7.08. The molecule has 18 heavy (non-hydrogen) atoms. The third kappa shape index (κ3) is 2.19. The molecule has 0 saturated carbocycles. The van der Waals surface area contributed by atoms with E-state index in [2.05, 4.69) is 36.8 Å².